The predicted molar refractivity (Wildman–Crippen MR) is 91.7 cm³/mol. The smallest absolute Gasteiger partial charge is 0.410 e. The summed E-state index contributed by atoms with van der Waals surface area (Å²) in [7, 11) is 0. The average molecular weight is 367 g/mol. The zero-order valence-corrected chi connectivity index (χ0v) is 15.1. The van der Waals surface area contributed by atoms with E-state index >= 15 is 0 Å². The number of hydrogen-bond donors (Lipinski definition) is 0. The number of esters is 1. The van der Waals surface area contributed by atoms with Crippen molar-refractivity contribution >= 4 is 12.1 Å². The van der Waals surface area contributed by atoms with Crippen LogP contribution in [0.4, 0.5) is 13.6 Å². The maximum Gasteiger partial charge on any atom is 0.410 e. The summed E-state index contributed by atoms with van der Waals surface area (Å²) in [6, 6.07) is 8.96. The molecule has 1 heterocycles. The molecule has 1 aromatic rings. The van der Waals surface area contributed by atoms with Crippen molar-refractivity contribution in [3.05, 3.63) is 47.5 Å². The van der Waals surface area contributed by atoms with Gasteiger partial charge in [-0.25, -0.2) is 9.59 Å². The summed E-state index contributed by atoms with van der Waals surface area (Å²) in [5.41, 5.74) is -0.329. The SMILES string of the molecule is CC(C)(C)OC(=O)N1CC/C(=C/C(=O)OCc2ccccc2)C(F)(F)C1. The Bertz CT molecular complexity index is 681. The van der Waals surface area contributed by atoms with Gasteiger partial charge in [0.15, 0.2) is 0 Å². The third kappa shape index (κ3) is 5.82. The first-order valence-electron chi connectivity index (χ1n) is 8.34. The fourth-order valence-electron chi connectivity index (χ4n) is 2.43. The van der Waals surface area contributed by atoms with Crippen LogP contribution in [0, 0.1) is 0 Å². The van der Waals surface area contributed by atoms with Crippen LogP contribution in [0.1, 0.15) is 32.8 Å². The lowest BCUT2D eigenvalue weighted by molar-refractivity contribution is -0.139. The predicted octanol–water partition coefficient (Wildman–Crippen LogP) is 3.93. The molecule has 142 valence electrons. The molecule has 5 nitrogen and oxygen atoms in total. The first kappa shape index (κ1) is 19.9. The topological polar surface area (TPSA) is 55.8 Å². The number of rotatable bonds is 3. The highest BCUT2D eigenvalue weighted by Crippen LogP contribution is 2.33. The van der Waals surface area contributed by atoms with Crippen LogP contribution in [-0.4, -0.2) is 41.6 Å². The van der Waals surface area contributed by atoms with Gasteiger partial charge in [-0.15, -0.1) is 0 Å². The van der Waals surface area contributed by atoms with E-state index in [1.54, 1.807) is 45.0 Å². The molecule has 1 aliphatic rings. The molecule has 0 unspecified atom stereocenters. The Morgan fingerprint density at radius 2 is 1.88 bits per heavy atom. The summed E-state index contributed by atoms with van der Waals surface area (Å²) in [5, 5.41) is 0. The minimum atomic E-state index is -3.30. The van der Waals surface area contributed by atoms with Gasteiger partial charge in [0.2, 0.25) is 0 Å². The van der Waals surface area contributed by atoms with Crippen LogP contribution in [-0.2, 0) is 20.9 Å². The highest BCUT2D eigenvalue weighted by Gasteiger charge is 2.43. The van der Waals surface area contributed by atoms with Crippen LogP contribution in [0.5, 0.6) is 0 Å². The number of ether oxygens (including phenoxy) is 2. The Morgan fingerprint density at radius 1 is 1.23 bits per heavy atom. The highest BCUT2D eigenvalue weighted by molar-refractivity contribution is 5.83. The van der Waals surface area contributed by atoms with Crippen molar-refractivity contribution in [2.75, 3.05) is 13.1 Å². The van der Waals surface area contributed by atoms with Gasteiger partial charge in [0, 0.05) is 18.2 Å². The van der Waals surface area contributed by atoms with Crippen molar-refractivity contribution in [2.24, 2.45) is 0 Å². The van der Waals surface area contributed by atoms with E-state index in [1.165, 1.54) is 0 Å². The first-order chi connectivity index (χ1) is 12.1. The Balaban J connectivity index is 1.95. The van der Waals surface area contributed by atoms with E-state index in [0.29, 0.717) is 0 Å². The van der Waals surface area contributed by atoms with E-state index in [2.05, 4.69) is 0 Å². The number of halogens is 2. The van der Waals surface area contributed by atoms with Gasteiger partial charge in [-0.1, -0.05) is 30.3 Å². The van der Waals surface area contributed by atoms with Gasteiger partial charge in [-0.3, -0.25) is 0 Å². The van der Waals surface area contributed by atoms with E-state index in [9.17, 15) is 18.4 Å². The molecule has 7 heteroatoms. The number of benzene rings is 1. The average Bonchev–Trinajstić information content (AvgIpc) is 2.54. The molecule has 26 heavy (non-hydrogen) atoms. The largest absolute Gasteiger partial charge is 0.458 e. The molecule has 0 radical (unpaired) electrons. The summed E-state index contributed by atoms with van der Waals surface area (Å²) >= 11 is 0. The van der Waals surface area contributed by atoms with Crippen molar-refractivity contribution in [3.63, 3.8) is 0 Å². The molecule has 2 rings (SSSR count). The van der Waals surface area contributed by atoms with E-state index in [1.807, 2.05) is 6.07 Å². The maximum atomic E-state index is 14.3. The summed E-state index contributed by atoms with van der Waals surface area (Å²) < 4.78 is 38.7. The van der Waals surface area contributed by atoms with Crippen LogP contribution in [0.2, 0.25) is 0 Å². The molecule has 1 aromatic carbocycles. The standard InChI is InChI=1S/C19H23F2NO4/c1-18(2,3)26-17(24)22-10-9-15(19(20,21)13-22)11-16(23)25-12-14-7-5-4-6-8-14/h4-8,11H,9-10,12-13H2,1-3H3/b15-11-. The van der Waals surface area contributed by atoms with Crippen molar-refractivity contribution in [1.29, 1.82) is 0 Å². The van der Waals surface area contributed by atoms with Crippen LogP contribution in [0.25, 0.3) is 0 Å². The van der Waals surface area contributed by atoms with Crippen LogP contribution < -0.4 is 0 Å². The van der Waals surface area contributed by atoms with Crippen LogP contribution >= 0.6 is 0 Å². The number of hydrogen-bond acceptors (Lipinski definition) is 4. The quantitative estimate of drug-likeness (QED) is 0.600. The normalized spacial score (nSPS) is 18.5. The molecular weight excluding hydrogens is 344 g/mol. The second-order valence-electron chi connectivity index (χ2n) is 7.12. The van der Waals surface area contributed by atoms with E-state index in [4.69, 9.17) is 9.47 Å². The minimum absolute atomic E-state index is 0.0130. The molecule has 0 aliphatic carbocycles. The van der Waals surface area contributed by atoms with Gasteiger partial charge >= 0.3 is 12.1 Å². The molecule has 1 aliphatic heterocycles. The highest BCUT2D eigenvalue weighted by atomic mass is 19.3. The van der Waals surface area contributed by atoms with Crippen molar-refractivity contribution in [3.8, 4) is 0 Å². The summed E-state index contributed by atoms with van der Waals surface area (Å²) in [6.07, 6.45) is -0.0786. The fraction of sp³-hybridized carbons (Fsp3) is 0.474. The Labute approximate surface area is 151 Å². The molecule has 0 aromatic heterocycles. The van der Waals surface area contributed by atoms with Crippen LogP contribution in [0.3, 0.4) is 0 Å². The van der Waals surface area contributed by atoms with Crippen molar-refractivity contribution < 1.29 is 27.8 Å². The number of nitrogens with zero attached hydrogens (tertiary/aromatic N) is 1. The molecule has 1 saturated heterocycles. The zero-order chi connectivity index (χ0) is 19.4. The molecule has 0 spiro atoms. The monoisotopic (exact) mass is 367 g/mol. The lowest BCUT2D eigenvalue weighted by Gasteiger charge is -2.35. The molecule has 0 bridgehead atoms. The molecule has 0 atom stereocenters. The van der Waals surface area contributed by atoms with Gasteiger partial charge < -0.3 is 14.4 Å². The Kier molecular flexibility index (Phi) is 6.00. The summed E-state index contributed by atoms with van der Waals surface area (Å²) in [4.78, 5) is 24.7. The number of alkyl halides is 2. The number of likely N-dealkylation sites (tertiary alicyclic amines) is 1. The van der Waals surface area contributed by atoms with E-state index < -0.39 is 30.1 Å². The summed E-state index contributed by atoms with van der Waals surface area (Å²) in [5.74, 6) is -4.13. The molecule has 1 amide bonds. The van der Waals surface area contributed by atoms with Gasteiger partial charge in [0.25, 0.3) is 5.92 Å². The first-order valence-corrected chi connectivity index (χ1v) is 8.34. The third-order valence-corrected chi connectivity index (χ3v) is 3.68. The second kappa shape index (κ2) is 7.85. The molecule has 0 N–H and O–H groups in total. The minimum Gasteiger partial charge on any atom is -0.458 e. The van der Waals surface area contributed by atoms with Gasteiger partial charge in [-0.2, -0.15) is 8.78 Å². The second-order valence-corrected chi connectivity index (χ2v) is 7.12. The van der Waals surface area contributed by atoms with Gasteiger partial charge in [0.1, 0.15) is 12.2 Å². The third-order valence-electron chi connectivity index (χ3n) is 3.68. The Hall–Kier alpha value is -2.44. The van der Waals surface area contributed by atoms with Crippen LogP contribution in [0.15, 0.2) is 42.0 Å². The maximum absolute atomic E-state index is 14.3. The van der Waals surface area contributed by atoms with Gasteiger partial charge in [0.05, 0.1) is 6.54 Å². The lowest BCUT2D eigenvalue weighted by atomic mass is 10.00. The summed E-state index contributed by atoms with van der Waals surface area (Å²) in [6.45, 7) is 4.25. The Morgan fingerprint density at radius 3 is 2.46 bits per heavy atom. The zero-order valence-electron chi connectivity index (χ0n) is 15.1. The van der Waals surface area contributed by atoms with Crippen molar-refractivity contribution in [1.82, 2.24) is 4.90 Å². The molecule has 1 fully saturated rings. The lowest BCUT2D eigenvalue weighted by Crippen LogP contribution is -2.48. The van der Waals surface area contributed by atoms with E-state index in [0.717, 1.165) is 16.5 Å². The molecule has 0 saturated carbocycles. The number of carbonyl (C=O) groups is 2. The fourth-order valence-corrected chi connectivity index (χ4v) is 2.43. The number of amides is 1. The van der Waals surface area contributed by atoms with Gasteiger partial charge in [-0.05, 0) is 32.8 Å². The number of piperidine rings is 1. The van der Waals surface area contributed by atoms with Crippen molar-refractivity contribution in [2.45, 2.75) is 45.3 Å². The number of carbonyl (C=O) groups excluding carboxylic acids is 2. The van der Waals surface area contributed by atoms with E-state index in [-0.39, 0.29) is 25.1 Å². The molecular formula is C19H23F2NO4.